The fourth-order valence-electron chi connectivity index (χ4n) is 1.56. The number of rotatable bonds is 7. The van der Waals surface area contributed by atoms with Gasteiger partial charge < -0.3 is 15.6 Å². The van der Waals surface area contributed by atoms with Crippen LogP contribution in [-0.2, 0) is 19.6 Å². The van der Waals surface area contributed by atoms with Crippen molar-refractivity contribution >= 4 is 33.4 Å². The minimum Gasteiger partial charge on any atom is -0.466 e. The van der Waals surface area contributed by atoms with Gasteiger partial charge >= 0.3 is 5.97 Å². The molecule has 1 unspecified atom stereocenters. The van der Waals surface area contributed by atoms with Gasteiger partial charge in [0.15, 0.2) is 0 Å². The molecule has 0 aliphatic carbocycles. The molecule has 8 nitrogen and oxygen atoms in total. The Morgan fingerprint density at radius 1 is 1.59 bits per heavy atom. The molecule has 1 rings (SSSR count). The van der Waals surface area contributed by atoms with Crippen molar-refractivity contribution in [1.29, 1.82) is 0 Å². The number of sulfonamides is 1. The molecule has 0 spiro atoms. The van der Waals surface area contributed by atoms with Crippen molar-refractivity contribution in [2.24, 2.45) is 0 Å². The zero-order valence-corrected chi connectivity index (χ0v) is 13.7. The molecular weight excluding hydrogens is 334 g/mol. The van der Waals surface area contributed by atoms with Crippen LogP contribution >= 0.6 is 11.6 Å². The molecule has 22 heavy (non-hydrogen) atoms. The molecule has 1 atom stereocenters. The quantitative estimate of drug-likeness (QED) is 0.602. The summed E-state index contributed by atoms with van der Waals surface area (Å²) in [6.45, 7) is 2.71. The second-order valence-corrected chi connectivity index (χ2v) is 7.01. The molecule has 1 heterocycles. The molecule has 0 aromatic carbocycles. The first-order valence-electron chi connectivity index (χ1n) is 6.36. The third-order valence-electron chi connectivity index (χ3n) is 2.61. The number of anilines is 1. The molecule has 0 aliphatic heterocycles. The minimum absolute atomic E-state index is 0.104. The van der Waals surface area contributed by atoms with Crippen molar-refractivity contribution < 1.29 is 23.1 Å². The lowest BCUT2D eigenvalue weighted by molar-refractivity contribution is -0.147. The van der Waals surface area contributed by atoms with Gasteiger partial charge in [-0.2, -0.15) is 0 Å². The first kappa shape index (κ1) is 18.6. The highest BCUT2D eigenvalue weighted by molar-refractivity contribution is 7.89. The summed E-state index contributed by atoms with van der Waals surface area (Å²) >= 11 is 5.70. The van der Waals surface area contributed by atoms with Crippen LogP contribution in [-0.4, -0.2) is 43.2 Å². The standard InChI is InChI=1S/C12H18ClN3O5S/c1-3-21-10(17)5-12(2,18)7-16-22(19,20)9-4-8(13)6-15-11(9)14/h4,6,16,18H,3,5,7H2,1-2H3,(H2,14,15). The van der Waals surface area contributed by atoms with Crippen molar-refractivity contribution in [1.82, 2.24) is 9.71 Å². The number of ether oxygens (including phenoxy) is 1. The molecule has 0 saturated heterocycles. The van der Waals surface area contributed by atoms with Crippen LogP contribution in [0, 0.1) is 0 Å². The van der Waals surface area contributed by atoms with E-state index < -0.39 is 28.1 Å². The number of nitrogens with zero attached hydrogens (tertiary/aromatic N) is 1. The summed E-state index contributed by atoms with van der Waals surface area (Å²) < 4.78 is 31.2. The maximum Gasteiger partial charge on any atom is 0.308 e. The molecule has 0 amide bonds. The predicted molar refractivity (Wildman–Crippen MR) is 80.7 cm³/mol. The van der Waals surface area contributed by atoms with Gasteiger partial charge in [0.05, 0.1) is 23.7 Å². The van der Waals surface area contributed by atoms with E-state index in [9.17, 15) is 18.3 Å². The van der Waals surface area contributed by atoms with Crippen LogP contribution in [0.4, 0.5) is 5.82 Å². The molecule has 1 aromatic rings. The fraction of sp³-hybridized carbons (Fsp3) is 0.500. The third kappa shape index (κ3) is 5.41. The molecule has 0 saturated carbocycles. The van der Waals surface area contributed by atoms with E-state index in [2.05, 4.69) is 9.71 Å². The summed E-state index contributed by atoms with van der Waals surface area (Å²) in [5.74, 6) is -0.849. The van der Waals surface area contributed by atoms with Crippen molar-refractivity contribution in [3.8, 4) is 0 Å². The van der Waals surface area contributed by atoms with Crippen LogP contribution < -0.4 is 10.5 Å². The highest BCUT2D eigenvalue weighted by atomic mass is 35.5. The Balaban J connectivity index is 2.81. The molecule has 0 bridgehead atoms. The first-order chi connectivity index (χ1) is 10.1. The van der Waals surface area contributed by atoms with E-state index in [1.807, 2.05) is 0 Å². The maximum absolute atomic E-state index is 12.1. The Morgan fingerprint density at radius 3 is 2.82 bits per heavy atom. The second kappa shape index (κ2) is 7.23. The molecule has 10 heteroatoms. The topological polar surface area (TPSA) is 132 Å². The van der Waals surface area contributed by atoms with Gasteiger partial charge in [-0.3, -0.25) is 4.79 Å². The highest BCUT2D eigenvalue weighted by Gasteiger charge is 2.28. The number of carbonyl (C=O) groups excluding carboxylic acids is 1. The number of pyridine rings is 1. The van der Waals surface area contributed by atoms with Gasteiger partial charge in [0, 0.05) is 12.7 Å². The van der Waals surface area contributed by atoms with Crippen molar-refractivity contribution in [3.63, 3.8) is 0 Å². The average molecular weight is 352 g/mol. The summed E-state index contributed by atoms with van der Waals surface area (Å²) in [7, 11) is -4.03. The predicted octanol–water partition coefficient (Wildman–Crippen LogP) is 0.300. The summed E-state index contributed by atoms with van der Waals surface area (Å²) in [5.41, 5.74) is 3.90. The minimum atomic E-state index is -4.03. The normalized spacial score (nSPS) is 14.4. The second-order valence-electron chi connectivity index (χ2n) is 4.84. The van der Waals surface area contributed by atoms with E-state index in [0.717, 1.165) is 6.07 Å². The molecule has 0 fully saturated rings. The van der Waals surface area contributed by atoms with Gasteiger partial charge in [0.2, 0.25) is 10.0 Å². The number of hydrogen-bond donors (Lipinski definition) is 3. The van der Waals surface area contributed by atoms with Gasteiger partial charge in [-0.25, -0.2) is 18.1 Å². The van der Waals surface area contributed by atoms with E-state index in [4.69, 9.17) is 22.1 Å². The molecule has 1 aromatic heterocycles. The Bertz CT molecular complexity index is 648. The number of halogens is 1. The zero-order chi connectivity index (χ0) is 17.0. The SMILES string of the molecule is CCOC(=O)CC(C)(O)CNS(=O)(=O)c1cc(Cl)cnc1N. The van der Waals surface area contributed by atoms with Crippen molar-refractivity contribution in [2.45, 2.75) is 30.8 Å². The number of carbonyl (C=O) groups is 1. The van der Waals surface area contributed by atoms with Gasteiger partial charge in [-0.1, -0.05) is 11.6 Å². The van der Waals surface area contributed by atoms with Crippen LogP contribution in [0.3, 0.4) is 0 Å². The Morgan fingerprint density at radius 2 is 2.23 bits per heavy atom. The number of esters is 1. The van der Waals surface area contributed by atoms with E-state index in [-0.39, 0.29) is 28.8 Å². The van der Waals surface area contributed by atoms with Gasteiger partial charge in [-0.15, -0.1) is 0 Å². The molecular formula is C12H18ClN3O5S. The number of aliphatic hydroxyl groups is 1. The lowest BCUT2D eigenvalue weighted by Crippen LogP contribution is -2.42. The van der Waals surface area contributed by atoms with Crippen LogP contribution in [0.2, 0.25) is 5.02 Å². The number of nitrogen functional groups attached to an aromatic ring is 1. The molecule has 124 valence electrons. The van der Waals surface area contributed by atoms with E-state index in [0.29, 0.717) is 0 Å². The van der Waals surface area contributed by atoms with Crippen LogP contribution in [0.5, 0.6) is 0 Å². The lowest BCUT2D eigenvalue weighted by Gasteiger charge is -2.22. The maximum atomic E-state index is 12.1. The zero-order valence-electron chi connectivity index (χ0n) is 12.2. The molecule has 4 N–H and O–H groups in total. The van der Waals surface area contributed by atoms with Gasteiger partial charge in [-0.05, 0) is 19.9 Å². The van der Waals surface area contributed by atoms with E-state index >= 15 is 0 Å². The Labute approximate surface area is 133 Å². The van der Waals surface area contributed by atoms with Gasteiger partial charge in [0.1, 0.15) is 10.7 Å². The Kier molecular flexibility index (Phi) is 6.12. The number of hydrogen-bond acceptors (Lipinski definition) is 7. The smallest absolute Gasteiger partial charge is 0.308 e. The van der Waals surface area contributed by atoms with E-state index in [1.165, 1.54) is 13.1 Å². The highest BCUT2D eigenvalue weighted by Crippen LogP contribution is 2.20. The number of nitrogens with two attached hydrogens (primary N) is 1. The van der Waals surface area contributed by atoms with Gasteiger partial charge in [0.25, 0.3) is 0 Å². The summed E-state index contributed by atoms with van der Waals surface area (Å²) in [5, 5.41) is 10.1. The summed E-state index contributed by atoms with van der Waals surface area (Å²) in [6, 6.07) is 1.15. The molecule has 0 aliphatic rings. The summed E-state index contributed by atoms with van der Waals surface area (Å²) in [6.07, 6.45) is 0.861. The molecule has 0 radical (unpaired) electrons. The van der Waals surface area contributed by atoms with Crippen molar-refractivity contribution in [3.05, 3.63) is 17.3 Å². The third-order valence-corrected chi connectivity index (χ3v) is 4.25. The summed E-state index contributed by atoms with van der Waals surface area (Å²) in [4.78, 5) is 14.7. The van der Waals surface area contributed by atoms with Crippen molar-refractivity contribution in [2.75, 3.05) is 18.9 Å². The van der Waals surface area contributed by atoms with E-state index in [1.54, 1.807) is 6.92 Å². The Hall–Kier alpha value is -1.42. The number of nitrogens with one attached hydrogen (secondary N) is 1. The monoisotopic (exact) mass is 351 g/mol. The van der Waals surface area contributed by atoms with Crippen LogP contribution in [0.1, 0.15) is 20.3 Å². The van der Waals surface area contributed by atoms with Crippen LogP contribution in [0.25, 0.3) is 0 Å². The number of aromatic nitrogens is 1. The largest absolute Gasteiger partial charge is 0.466 e. The lowest BCUT2D eigenvalue weighted by atomic mass is 10.0. The van der Waals surface area contributed by atoms with Crippen LogP contribution in [0.15, 0.2) is 17.2 Å². The fourth-order valence-corrected chi connectivity index (χ4v) is 3.05. The first-order valence-corrected chi connectivity index (χ1v) is 8.22. The average Bonchev–Trinajstić information content (AvgIpc) is 2.39.